The molecule has 3 rings (SSSR count). The van der Waals surface area contributed by atoms with Crippen molar-refractivity contribution in [2.75, 3.05) is 12.3 Å². The van der Waals surface area contributed by atoms with Gasteiger partial charge in [0.25, 0.3) is 5.91 Å². The molecule has 0 aliphatic rings. The van der Waals surface area contributed by atoms with Crippen LogP contribution in [0.5, 0.6) is 0 Å². The number of halogens is 1. The molecule has 2 aromatic carbocycles. The molecule has 5 heteroatoms. The fourth-order valence-electron chi connectivity index (χ4n) is 2.09. The summed E-state index contributed by atoms with van der Waals surface area (Å²) in [6.07, 6.45) is 0. The van der Waals surface area contributed by atoms with Gasteiger partial charge in [0.15, 0.2) is 0 Å². The van der Waals surface area contributed by atoms with Crippen LogP contribution in [-0.4, -0.2) is 18.2 Å². The highest BCUT2D eigenvalue weighted by Gasteiger charge is 2.16. The van der Waals surface area contributed by atoms with Crippen molar-refractivity contribution in [3.05, 3.63) is 64.5 Å². The zero-order chi connectivity index (χ0) is 15.4. The molecule has 0 bridgehead atoms. The minimum atomic E-state index is -0.0974. The number of thiophene rings is 1. The van der Waals surface area contributed by atoms with Gasteiger partial charge >= 0.3 is 0 Å². The lowest BCUT2D eigenvalue weighted by Gasteiger charge is -2.04. The van der Waals surface area contributed by atoms with E-state index in [1.165, 1.54) is 16.2 Å². The highest BCUT2D eigenvalue weighted by Crippen LogP contribution is 2.34. The first kappa shape index (κ1) is 15.4. The monoisotopic (exact) mass is 347 g/mol. The second-order valence-corrected chi connectivity index (χ2v) is 7.26. The quantitative estimate of drug-likeness (QED) is 0.515. The molecule has 112 valence electrons. The minimum Gasteiger partial charge on any atom is -0.350 e. The van der Waals surface area contributed by atoms with E-state index in [1.807, 2.05) is 42.5 Å². The maximum absolute atomic E-state index is 12.3. The number of hydrogen-bond donors (Lipinski definition) is 1. The van der Waals surface area contributed by atoms with Crippen molar-refractivity contribution in [2.24, 2.45) is 0 Å². The van der Waals surface area contributed by atoms with Crippen LogP contribution in [-0.2, 0) is 0 Å². The molecule has 1 amide bonds. The summed E-state index contributed by atoms with van der Waals surface area (Å²) in [6, 6.07) is 18.0. The van der Waals surface area contributed by atoms with Gasteiger partial charge in [0, 0.05) is 27.3 Å². The first-order chi connectivity index (χ1) is 10.8. The Bertz CT molecular complexity index is 786. The van der Waals surface area contributed by atoms with E-state index in [1.54, 1.807) is 11.8 Å². The Morgan fingerprint density at radius 2 is 1.82 bits per heavy atom. The van der Waals surface area contributed by atoms with Gasteiger partial charge in [-0.15, -0.1) is 23.1 Å². The number of amides is 1. The fraction of sp³-hybridized carbons (Fsp3) is 0.118. The number of hydrogen-bond acceptors (Lipinski definition) is 3. The van der Waals surface area contributed by atoms with Crippen LogP contribution in [0.25, 0.3) is 10.1 Å². The minimum absolute atomic E-state index is 0.0974. The maximum atomic E-state index is 12.3. The molecule has 0 saturated heterocycles. The molecule has 1 heterocycles. The van der Waals surface area contributed by atoms with E-state index in [4.69, 9.17) is 11.6 Å². The van der Waals surface area contributed by atoms with E-state index >= 15 is 0 Å². The van der Waals surface area contributed by atoms with Gasteiger partial charge in [-0.3, -0.25) is 4.79 Å². The summed E-state index contributed by atoms with van der Waals surface area (Å²) in [4.78, 5) is 14.0. The molecule has 2 nitrogen and oxygen atoms in total. The van der Waals surface area contributed by atoms with Crippen LogP contribution in [0.4, 0.5) is 0 Å². The van der Waals surface area contributed by atoms with Gasteiger partial charge in [0.2, 0.25) is 0 Å². The Hall–Kier alpha value is -1.49. The van der Waals surface area contributed by atoms with Crippen LogP contribution < -0.4 is 5.32 Å². The van der Waals surface area contributed by atoms with Crippen LogP contribution >= 0.6 is 34.7 Å². The third kappa shape index (κ3) is 3.46. The Morgan fingerprint density at radius 1 is 1.09 bits per heavy atom. The number of fused-ring (bicyclic) bond motifs is 1. The standard InChI is InChI=1S/C17H14ClNOS2/c18-15-13-8-4-5-9-14(13)22-16(15)17(20)19-10-11-21-12-6-2-1-3-7-12/h1-9H,10-11H2,(H,19,20). The second-order valence-electron chi connectivity index (χ2n) is 4.66. The van der Waals surface area contributed by atoms with E-state index in [0.29, 0.717) is 16.4 Å². The van der Waals surface area contributed by atoms with Crippen molar-refractivity contribution in [2.45, 2.75) is 4.90 Å². The van der Waals surface area contributed by atoms with E-state index in [-0.39, 0.29) is 5.91 Å². The Morgan fingerprint density at radius 3 is 2.59 bits per heavy atom. The predicted molar refractivity (Wildman–Crippen MR) is 96.3 cm³/mol. The van der Waals surface area contributed by atoms with Gasteiger partial charge in [-0.1, -0.05) is 48.0 Å². The summed E-state index contributed by atoms with van der Waals surface area (Å²) < 4.78 is 1.04. The molecule has 0 fully saturated rings. The van der Waals surface area contributed by atoms with Crippen molar-refractivity contribution in [1.29, 1.82) is 0 Å². The zero-order valence-electron chi connectivity index (χ0n) is 11.7. The molecular formula is C17H14ClNOS2. The van der Waals surface area contributed by atoms with Crippen molar-refractivity contribution in [1.82, 2.24) is 5.32 Å². The Labute approximate surface area is 142 Å². The first-order valence-electron chi connectivity index (χ1n) is 6.89. The number of nitrogens with one attached hydrogen (secondary N) is 1. The lowest BCUT2D eigenvalue weighted by molar-refractivity contribution is 0.0960. The normalized spacial score (nSPS) is 10.8. The van der Waals surface area contributed by atoms with Crippen molar-refractivity contribution >= 4 is 50.7 Å². The SMILES string of the molecule is O=C(NCCSc1ccccc1)c1sc2ccccc2c1Cl. The number of rotatable bonds is 5. The molecule has 1 N–H and O–H groups in total. The topological polar surface area (TPSA) is 29.1 Å². The second kappa shape index (κ2) is 7.18. The van der Waals surface area contributed by atoms with E-state index in [2.05, 4.69) is 17.4 Å². The van der Waals surface area contributed by atoms with Gasteiger partial charge in [-0.2, -0.15) is 0 Å². The van der Waals surface area contributed by atoms with Gasteiger partial charge < -0.3 is 5.32 Å². The van der Waals surface area contributed by atoms with Crippen LogP contribution in [0, 0.1) is 0 Å². The largest absolute Gasteiger partial charge is 0.350 e. The molecular weight excluding hydrogens is 334 g/mol. The average Bonchev–Trinajstić information content (AvgIpc) is 2.90. The van der Waals surface area contributed by atoms with E-state index in [0.717, 1.165) is 15.8 Å². The number of benzene rings is 2. The van der Waals surface area contributed by atoms with E-state index < -0.39 is 0 Å². The predicted octanol–water partition coefficient (Wildman–Crippen LogP) is 5.08. The number of carbonyl (C=O) groups is 1. The molecule has 0 spiro atoms. The summed E-state index contributed by atoms with van der Waals surface area (Å²) in [5.41, 5.74) is 0. The zero-order valence-corrected chi connectivity index (χ0v) is 14.1. The van der Waals surface area contributed by atoms with Crippen molar-refractivity contribution < 1.29 is 4.79 Å². The number of carbonyl (C=O) groups excluding carboxylic acids is 1. The molecule has 0 saturated carbocycles. The highest BCUT2D eigenvalue weighted by atomic mass is 35.5. The molecule has 0 radical (unpaired) electrons. The highest BCUT2D eigenvalue weighted by molar-refractivity contribution is 7.99. The lowest BCUT2D eigenvalue weighted by atomic mass is 10.2. The Balaban J connectivity index is 1.58. The van der Waals surface area contributed by atoms with Gasteiger partial charge in [-0.25, -0.2) is 0 Å². The van der Waals surface area contributed by atoms with Gasteiger partial charge in [-0.05, 0) is 18.2 Å². The molecule has 0 aliphatic carbocycles. The summed E-state index contributed by atoms with van der Waals surface area (Å²) in [5, 5.41) is 4.43. The molecule has 0 atom stereocenters. The summed E-state index contributed by atoms with van der Waals surface area (Å²) in [5.74, 6) is 0.734. The molecule has 3 aromatic rings. The fourth-order valence-corrected chi connectivity index (χ4v) is 4.31. The molecule has 0 unspecified atom stereocenters. The van der Waals surface area contributed by atoms with E-state index in [9.17, 15) is 4.79 Å². The summed E-state index contributed by atoms with van der Waals surface area (Å²) in [6.45, 7) is 0.614. The third-order valence-corrected chi connectivity index (χ3v) is 5.83. The van der Waals surface area contributed by atoms with Crippen LogP contribution in [0.2, 0.25) is 5.02 Å². The maximum Gasteiger partial charge on any atom is 0.262 e. The van der Waals surface area contributed by atoms with Crippen LogP contribution in [0.1, 0.15) is 9.67 Å². The Kier molecular flexibility index (Phi) is 5.03. The van der Waals surface area contributed by atoms with Gasteiger partial charge in [0.05, 0.1) is 5.02 Å². The van der Waals surface area contributed by atoms with Crippen LogP contribution in [0.15, 0.2) is 59.5 Å². The van der Waals surface area contributed by atoms with Crippen molar-refractivity contribution in [3.63, 3.8) is 0 Å². The number of thioether (sulfide) groups is 1. The molecule has 0 aliphatic heterocycles. The molecule has 22 heavy (non-hydrogen) atoms. The summed E-state index contributed by atoms with van der Waals surface area (Å²) in [7, 11) is 0. The molecule has 1 aromatic heterocycles. The third-order valence-electron chi connectivity index (χ3n) is 3.14. The van der Waals surface area contributed by atoms with Crippen LogP contribution in [0.3, 0.4) is 0 Å². The van der Waals surface area contributed by atoms with Crippen molar-refractivity contribution in [3.8, 4) is 0 Å². The first-order valence-corrected chi connectivity index (χ1v) is 9.07. The summed E-state index contributed by atoms with van der Waals surface area (Å²) >= 11 is 9.46. The average molecular weight is 348 g/mol. The smallest absolute Gasteiger partial charge is 0.262 e. The lowest BCUT2D eigenvalue weighted by Crippen LogP contribution is -2.25. The van der Waals surface area contributed by atoms with Gasteiger partial charge in [0.1, 0.15) is 4.88 Å².